The lowest BCUT2D eigenvalue weighted by Crippen LogP contribution is -2.41. The van der Waals surface area contributed by atoms with Crippen molar-refractivity contribution in [2.24, 2.45) is 0 Å². The highest BCUT2D eigenvalue weighted by Gasteiger charge is 2.24. The number of nitrogens with two attached hydrogens (primary N) is 1. The predicted molar refractivity (Wildman–Crippen MR) is 97.8 cm³/mol. The number of anilines is 3. The normalized spacial score (nSPS) is 13.2. The van der Waals surface area contributed by atoms with Gasteiger partial charge < -0.3 is 25.8 Å². The van der Waals surface area contributed by atoms with Crippen molar-refractivity contribution in [3.8, 4) is 0 Å². The molecule has 0 spiro atoms. The number of pyridine rings is 2. The minimum atomic E-state index is -0.399. The second kappa shape index (κ2) is 6.87. The smallest absolute Gasteiger partial charge is 0.277 e. The van der Waals surface area contributed by atoms with E-state index in [1.54, 1.807) is 43.3 Å². The molecule has 0 atom stereocenters. The molecule has 0 radical (unpaired) electrons. The van der Waals surface area contributed by atoms with Gasteiger partial charge in [-0.1, -0.05) is 6.07 Å². The Morgan fingerprint density at radius 1 is 1.38 bits per heavy atom. The molecule has 1 aliphatic heterocycles. The second-order valence-electron chi connectivity index (χ2n) is 6.21. The van der Waals surface area contributed by atoms with Gasteiger partial charge in [0.25, 0.3) is 5.56 Å². The van der Waals surface area contributed by atoms with Crippen LogP contribution in [0.5, 0.6) is 0 Å². The topological polar surface area (TPSA) is 122 Å². The maximum Gasteiger partial charge on any atom is 0.277 e. The summed E-state index contributed by atoms with van der Waals surface area (Å²) in [5, 5.41) is 5.34. The summed E-state index contributed by atoms with van der Waals surface area (Å²) in [6.45, 7) is 2.08. The fourth-order valence-corrected chi connectivity index (χ4v) is 2.79. The third kappa shape index (κ3) is 3.51. The Labute approximate surface area is 149 Å². The van der Waals surface area contributed by atoms with Gasteiger partial charge >= 0.3 is 0 Å². The van der Waals surface area contributed by atoms with Gasteiger partial charge in [0, 0.05) is 25.5 Å². The van der Waals surface area contributed by atoms with E-state index in [2.05, 4.69) is 15.6 Å². The lowest BCUT2D eigenvalue weighted by Gasteiger charge is -2.28. The first-order valence-electron chi connectivity index (χ1n) is 8.07. The third-order valence-electron chi connectivity index (χ3n) is 4.18. The highest BCUT2D eigenvalue weighted by Crippen LogP contribution is 2.25. The monoisotopic (exact) mass is 356 g/mol. The van der Waals surface area contributed by atoms with Gasteiger partial charge in [0.05, 0.1) is 12.2 Å². The molecule has 3 heterocycles. The van der Waals surface area contributed by atoms with Crippen LogP contribution < -0.4 is 26.8 Å². The molecule has 2 aromatic heterocycles. The van der Waals surface area contributed by atoms with Gasteiger partial charge in [0.1, 0.15) is 18.1 Å². The van der Waals surface area contributed by atoms with Crippen LogP contribution in [0.25, 0.3) is 0 Å². The van der Waals surface area contributed by atoms with Gasteiger partial charge in [-0.05, 0) is 24.6 Å². The van der Waals surface area contributed by atoms with Gasteiger partial charge in [0.15, 0.2) is 0 Å². The summed E-state index contributed by atoms with van der Waals surface area (Å²) < 4.78 is 1.34. The van der Waals surface area contributed by atoms with E-state index in [-0.39, 0.29) is 37.1 Å². The fraction of sp³-hybridized carbons (Fsp3) is 0.294. The fourth-order valence-electron chi connectivity index (χ4n) is 2.79. The number of likely N-dealkylation sites (N-methyl/N-ethyl adjacent to an activating group) is 1. The van der Waals surface area contributed by atoms with Crippen molar-refractivity contribution in [2.75, 3.05) is 29.5 Å². The van der Waals surface area contributed by atoms with Gasteiger partial charge in [-0.25, -0.2) is 4.98 Å². The number of fused-ring (bicyclic) bond motifs is 1. The molecule has 9 nitrogen and oxygen atoms in total. The van der Waals surface area contributed by atoms with E-state index < -0.39 is 5.56 Å². The Hall–Kier alpha value is -3.36. The van der Waals surface area contributed by atoms with E-state index >= 15 is 0 Å². The van der Waals surface area contributed by atoms with Crippen LogP contribution >= 0.6 is 0 Å². The summed E-state index contributed by atoms with van der Waals surface area (Å²) in [4.78, 5) is 42.3. The molecule has 0 unspecified atom stereocenters. The molecule has 0 aliphatic carbocycles. The number of hydrogen-bond acceptors (Lipinski definition) is 6. The molecule has 0 aromatic carbocycles. The van der Waals surface area contributed by atoms with Gasteiger partial charge in [-0.3, -0.25) is 14.4 Å². The minimum Gasteiger partial charge on any atom is -0.384 e. The number of aryl methyl sites for hydroxylation is 1. The van der Waals surface area contributed by atoms with Crippen molar-refractivity contribution in [3.05, 3.63) is 46.0 Å². The van der Waals surface area contributed by atoms with Crippen LogP contribution in [-0.2, 0) is 22.7 Å². The van der Waals surface area contributed by atoms with Crippen LogP contribution in [0, 0.1) is 6.92 Å². The van der Waals surface area contributed by atoms with Gasteiger partial charge in [-0.15, -0.1) is 0 Å². The molecule has 0 saturated carbocycles. The molecule has 0 fully saturated rings. The first-order chi connectivity index (χ1) is 12.3. The number of nitrogen functional groups attached to an aromatic ring is 1. The Morgan fingerprint density at radius 2 is 2.15 bits per heavy atom. The zero-order valence-electron chi connectivity index (χ0n) is 14.6. The summed E-state index contributed by atoms with van der Waals surface area (Å²) in [5.74, 6) is -0.168. The van der Waals surface area contributed by atoms with Crippen molar-refractivity contribution in [3.63, 3.8) is 0 Å². The summed E-state index contributed by atoms with van der Waals surface area (Å²) in [6.07, 6.45) is 1.58. The lowest BCUT2D eigenvalue weighted by molar-refractivity contribution is -0.121. The number of aromatic nitrogens is 2. The average Bonchev–Trinajstić information content (AvgIpc) is 2.59. The van der Waals surface area contributed by atoms with E-state index in [9.17, 15) is 14.4 Å². The van der Waals surface area contributed by atoms with E-state index in [1.165, 1.54) is 4.57 Å². The number of carbonyl (C=O) groups excluding carboxylic acids is 2. The molecule has 26 heavy (non-hydrogen) atoms. The summed E-state index contributed by atoms with van der Waals surface area (Å²) in [5.41, 5.74) is 7.41. The number of carbonyl (C=O) groups is 2. The first kappa shape index (κ1) is 17.5. The second-order valence-corrected chi connectivity index (χ2v) is 6.21. The molecule has 136 valence electrons. The van der Waals surface area contributed by atoms with Crippen LogP contribution in [0.15, 0.2) is 29.2 Å². The molecule has 4 N–H and O–H groups in total. The number of hydrogen-bond donors (Lipinski definition) is 3. The summed E-state index contributed by atoms with van der Waals surface area (Å²) in [6, 6.07) is 5.20. The van der Waals surface area contributed by atoms with Crippen LogP contribution in [0.1, 0.15) is 11.3 Å². The van der Waals surface area contributed by atoms with Crippen LogP contribution in [0.4, 0.5) is 17.2 Å². The summed E-state index contributed by atoms with van der Waals surface area (Å²) in [7, 11) is 1.74. The quantitative estimate of drug-likeness (QED) is 0.700. The van der Waals surface area contributed by atoms with E-state index in [0.29, 0.717) is 17.2 Å². The Balaban J connectivity index is 1.76. The van der Waals surface area contributed by atoms with Crippen molar-refractivity contribution in [1.29, 1.82) is 0 Å². The first-order valence-corrected chi connectivity index (χ1v) is 8.07. The molecule has 2 aromatic rings. The van der Waals surface area contributed by atoms with E-state index in [0.717, 1.165) is 5.56 Å². The Bertz CT molecular complexity index is 919. The highest BCUT2D eigenvalue weighted by molar-refractivity contribution is 6.00. The molecule has 9 heteroatoms. The summed E-state index contributed by atoms with van der Waals surface area (Å²) >= 11 is 0. The molecule has 2 amide bonds. The molecule has 1 aliphatic rings. The standard InChI is InChI=1S/C17H20N6O3/c1-10-5-12-16(21-15(25)8-22(12)2)17(26)23(10)9-14(24)20-7-11-3-4-13(18)19-6-11/h3-6H,7-9H2,1-2H3,(H2,18,19)(H,20,24)(H,21,25). The number of nitrogens with zero attached hydrogens (tertiary/aromatic N) is 3. The van der Waals surface area contributed by atoms with Gasteiger partial charge in [-0.2, -0.15) is 0 Å². The zero-order valence-corrected chi connectivity index (χ0v) is 14.6. The predicted octanol–water partition coefficient (Wildman–Crippen LogP) is -0.161. The molecule has 0 saturated heterocycles. The number of rotatable bonds is 4. The molecule has 3 rings (SSSR count). The van der Waals surface area contributed by atoms with E-state index in [4.69, 9.17) is 5.73 Å². The van der Waals surface area contributed by atoms with Crippen LogP contribution in [-0.4, -0.2) is 35.0 Å². The van der Waals surface area contributed by atoms with Gasteiger partial charge in [0.2, 0.25) is 11.8 Å². The largest absolute Gasteiger partial charge is 0.384 e. The van der Waals surface area contributed by atoms with Crippen molar-refractivity contribution < 1.29 is 9.59 Å². The minimum absolute atomic E-state index is 0.139. The van der Waals surface area contributed by atoms with Crippen molar-refractivity contribution >= 4 is 29.0 Å². The number of nitrogens with one attached hydrogen (secondary N) is 2. The Kier molecular flexibility index (Phi) is 4.61. The van der Waals surface area contributed by atoms with Crippen molar-refractivity contribution in [1.82, 2.24) is 14.9 Å². The van der Waals surface area contributed by atoms with Crippen LogP contribution in [0.3, 0.4) is 0 Å². The Morgan fingerprint density at radius 3 is 2.85 bits per heavy atom. The van der Waals surface area contributed by atoms with E-state index in [1.807, 2.05) is 0 Å². The maximum atomic E-state index is 12.7. The zero-order chi connectivity index (χ0) is 18.8. The molecular formula is C17H20N6O3. The average molecular weight is 356 g/mol. The molecular weight excluding hydrogens is 336 g/mol. The number of amides is 2. The molecule has 0 bridgehead atoms. The maximum absolute atomic E-state index is 12.7. The van der Waals surface area contributed by atoms with Crippen molar-refractivity contribution in [2.45, 2.75) is 20.0 Å². The lowest BCUT2D eigenvalue weighted by atomic mass is 10.2. The SMILES string of the molecule is Cc1cc2c(c(=O)n1CC(=O)NCc1ccc(N)nc1)NC(=O)CN2C. The highest BCUT2D eigenvalue weighted by atomic mass is 16.2. The van der Waals surface area contributed by atoms with Crippen LogP contribution in [0.2, 0.25) is 0 Å². The third-order valence-corrected chi connectivity index (χ3v) is 4.18.